The number of hydrogen-bond acceptors (Lipinski definition) is 2. The number of hydrogen-bond donors (Lipinski definition) is 1. The number of nitrogens with two attached hydrogens (primary N) is 1. The number of carbonyl (C=O) groups excluding carboxylic acids is 1. The summed E-state index contributed by atoms with van der Waals surface area (Å²) < 4.78 is 12.9. The summed E-state index contributed by atoms with van der Waals surface area (Å²) in [6.07, 6.45) is 0. The minimum atomic E-state index is -0.514. The molecule has 0 aliphatic carbocycles. The Hall–Kier alpha value is -1.42. The summed E-state index contributed by atoms with van der Waals surface area (Å²) in [5.41, 5.74) is 6.45. The molecule has 1 fully saturated rings. The Bertz CT molecular complexity index is 436. The predicted octanol–water partition coefficient (Wildman–Crippen LogP) is 1.83. The van der Waals surface area contributed by atoms with E-state index in [9.17, 15) is 9.18 Å². The zero-order chi connectivity index (χ0) is 12.8. The maximum Gasteiger partial charge on any atom is 0.243 e. The monoisotopic (exact) mass is 236 g/mol. The van der Waals surface area contributed by atoms with Gasteiger partial charge in [0.1, 0.15) is 11.9 Å². The number of amides is 1. The van der Waals surface area contributed by atoms with E-state index in [1.165, 1.54) is 12.1 Å². The topological polar surface area (TPSA) is 46.3 Å². The molecule has 0 bridgehead atoms. The van der Waals surface area contributed by atoms with Gasteiger partial charge in [0, 0.05) is 5.54 Å². The molecule has 1 aliphatic heterocycles. The van der Waals surface area contributed by atoms with Crippen molar-refractivity contribution >= 4 is 5.91 Å². The molecule has 1 amide bonds. The van der Waals surface area contributed by atoms with Gasteiger partial charge in [-0.25, -0.2) is 4.39 Å². The van der Waals surface area contributed by atoms with E-state index < -0.39 is 6.04 Å². The first-order valence-electron chi connectivity index (χ1n) is 5.66. The van der Waals surface area contributed by atoms with Crippen molar-refractivity contribution < 1.29 is 9.18 Å². The Morgan fingerprint density at radius 1 is 1.24 bits per heavy atom. The molecule has 2 rings (SSSR count). The summed E-state index contributed by atoms with van der Waals surface area (Å²) in [5.74, 6) is -0.331. The molecule has 92 valence electrons. The molecule has 0 unspecified atom stereocenters. The van der Waals surface area contributed by atoms with Crippen molar-refractivity contribution in [3.63, 3.8) is 0 Å². The second-order valence-corrected chi connectivity index (χ2v) is 5.40. The predicted molar refractivity (Wildman–Crippen MR) is 63.7 cm³/mol. The minimum Gasteiger partial charge on any atom is -0.327 e. The normalized spacial score (nSPS) is 24.8. The Labute approximate surface area is 100 Å². The molecule has 1 aromatic rings. The first-order chi connectivity index (χ1) is 7.82. The van der Waals surface area contributed by atoms with Crippen LogP contribution in [0.3, 0.4) is 0 Å². The lowest BCUT2D eigenvalue weighted by Gasteiger charge is -2.52. The van der Waals surface area contributed by atoms with Crippen molar-refractivity contribution in [3.05, 3.63) is 35.6 Å². The van der Waals surface area contributed by atoms with E-state index in [2.05, 4.69) is 0 Å². The third kappa shape index (κ3) is 1.93. The van der Waals surface area contributed by atoms with Gasteiger partial charge in [-0.05, 0) is 38.5 Å². The second-order valence-electron chi connectivity index (χ2n) is 5.40. The smallest absolute Gasteiger partial charge is 0.243 e. The minimum absolute atomic E-state index is 0.0492. The zero-order valence-corrected chi connectivity index (χ0v) is 10.3. The van der Waals surface area contributed by atoms with Gasteiger partial charge in [-0.3, -0.25) is 4.79 Å². The Balaban J connectivity index is 2.31. The molecule has 17 heavy (non-hydrogen) atoms. The van der Waals surface area contributed by atoms with Gasteiger partial charge in [0.05, 0.1) is 6.04 Å². The standard InChI is InChI=1S/C13H17FN2O/c1-13(2,3)16-11(10(15)12(16)17)8-4-6-9(14)7-5-8/h4-7,10-11H,15H2,1-3H3/t10-,11-/m1/s1. The van der Waals surface area contributed by atoms with E-state index in [0.29, 0.717) is 0 Å². The van der Waals surface area contributed by atoms with Crippen LogP contribution in [0.4, 0.5) is 4.39 Å². The van der Waals surface area contributed by atoms with Crippen LogP contribution in [0.25, 0.3) is 0 Å². The van der Waals surface area contributed by atoms with Crippen LogP contribution in [0.2, 0.25) is 0 Å². The number of halogens is 1. The molecule has 1 aliphatic rings. The van der Waals surface area contributed by atoms with Crippen LogP contribution >= 0.6 is 0 Å². The zero-order valence-electron chi connectivity index (χ0n) is 10.3. The molecule has 3 nitrogen and oxygen atoms in total. The van der Waals surface area contributed by atoms with Gasteiger partial charge in [0.2, 0.25) is 5.91 Å². The number of β-lactam (4-membered cyclic amide) rings is 1. The van der Waals surface area contributed by atoms with E-state index >= 15 is 0 Å². The number of carbonyl (C=O) groups is 1. The van der Waals surface area contributed by atoms with Crippen LogP contribution in [0.15, 0.2) is 24.3 Å². The maximum absolute atomic E-state index is 12.9. The van der Waals surface area contributed by atoms with Crippen LogP contribution in [0, 0.1) is 5.82 Å². The average Bonchev–Trinajstić information content (AvgIpc) is 2.24. The van der Waals surface area contributed by atoms with Gasteiger partial charge in [0.15, 0.2) is 0 Å². The SMILES string of the molecule is CC(C)(C)N1C(=O)[C@H](N)[C@H]1c1ccc(F)cc1. The molecule has 0 saturated carbocycles. The van der Waals surface area contributed by atoms with Gasteiger partial charge in [0.25, 0.3) is 0 Å². The highest BCUT2D eigenvalue weighted by molar-refractivity contribution is 5.90. The highest BCUT2D eigenvalue weighted by Crippen LogP contribution is 2.39. The van der Waals surface area contributed by atoms with Crippen molar-refractivity contribution in [1.29, 1.82) is 0 Å². The molecule has 2 atom stereocenters. The molecule has 0 aromatic heterocycles. The van der Waals surface area contributed by atoms with E-state index in [1.54, 1.807) is 17.0 Å². The van der Waals surface area contributed by atoms with E-state index in [1.807, 2.05) is 20.8 Å². The molecule has 1 aromatic carbocycles. The van der Waals surface area contributed by atoms with Crippen LogP contribution in [-0.4, -0.2) is 22.4 Å². The van der Waals surface area contributed by atoms with Gasteiger partial charge in [-0.1, -0.05) is 12.1 Å². The van der Waals surface area contributed by atoms with Gasteiger partial charge in [-0.15, -0.1) is 0 Å². The quantitative estimate of drug-likeness (QED) is 0.756. The fraction of sp³-hybridized carbons (Fsp3) is 0.462. The van der Waals surface area contributed by atoms with E-state index in [-0.39, 0.29) is 23.3 Å². The summed E-state index contributed by atoms with van der Waals surface area (Å²) in [6, 6.07) is 5.50. The van der Waals surface area contributed by atoms with Crippen LogP contribution < -0.4 is 5.73 Å². The first-order valence-corrected chi connectivity index (χ1v) is 5.66. The molecule has 4 heteroatoms. The van der Waals surface area contributed by atoms with Crippen LogP contribution in [-0.2, 0) is 4.79 Å². The van der Waals surface area contributed by atoms with Gasteiger partial charge >= 0.3 is 0 Å². The molecule has 1 heterocycles. The van der Waals surface area contributed by atoms with Crippen molar-refractivity contribution in [2.45, 2.75) is 38.4 Å². The van der Waals surface area contributed by atoms with Crippen molar-refractivity contribution in [3.8, 4) is 0 Å². The highest BCUT2D eigenvalue weighted by atomic mass is 19.1. The Morgan fingerprint density at radius 2 is 1.76 bits per heavy atom. The largest absolute Gasteiger partial charge is 0.327 e. The lowest BCUT2D eigenvalue weighted by Crippen LogP contribution is -2.68. The highest BCUT2D eigenvalue weighted by Gasteiger charge is 2.50. The molecule has 0 spiro atoms. The Kier molecular flexibility index (Phi) is 2.70. The molecule has 2 N–H and O–H groups in total. The third-order valence-electron chi connectivity index (χ3n) is 3.08. The van der Waals surface area contributed by atoms with Crippen molar-refractivity contribution in [1.82, 2.24) is 4.90 Å². The number of rotatable bonds is 1. The number of likely N-dealkylation sites (tertiary alicyclic amines) is 1. The maximum atomic E-state index is 12.9. The molecule has 0 radical (unpaired) electrons. The average molecular weight is 236 g/mol. The second kappa shape index (κ2) is 3.81. The number of benzene rings is 1. The first kappa shape index (κ1) is 12.0. The summed E-state index contributed by atoms with van der Waals surface area (Å²) in [6.45, 7) is 5.90. The van der Waals surface area contributed by atoms with Gasteiger partial charge in [-0.2, -0.15) is 0 Å². The Morgan fingerprint density at radius 3 is 2.24 bits per heavy atom. The molecule has 1 saturated heterocycles. The fourth-order valence-electron chi connectivity index (χ4n) is 2.28. The van der Waals surface area contributed by atoms with Crippen LogP contribution in [0.1, 0.15) is 32.4 Å². The lowest BCUT2D eigenvalue weighted by atomic mass is 9.84. The van der Waals surface area contributed by atoms with Crippen LogP contribution in [0.5, 0.6) is 0 Å². The molecular weight excluding hydrogens is 219 g/mol. The van der Waals surface area contributed by atoms with E-state index in [0.717, 1.165) is 5.56 Å². The summed E-state index contributed by atoms with van der Waals surface area (Å²) >= 11 is 0. The summed E-state index contributed by atoms with van der Waals surface area (Å²) in [7, 11) is 0. The summed E-state index contributed by atoms with van der Waals surface area (Å²) in [4.78, 5) is 13.5. The molecular formula is C13H17FN2O. The van der Waals surface area contributed by atoms with E-state index in [4.69, 9.17) is 5.73 Å². The summed E-state index contributed by atoms with van der Waals surface area (Å²) in [5, 5.41) is 0. The third-order valence-corrected chi connectivity index (χ3v) is 3.08. The van der Waals surface area contributed by atoms with Gasteiger partial charge < -0.3 is 10.6 Å². The lowest BCUT2D eigenvalue weighted by molar-refractivity contribution is -0.158. The fourth-order valence-corrected chi connectivity index (χ4v) is 2.28. The van der Waals surface area contributed by atoms with Crippen molar-refractivity contribution in [2.24, 2.45) is 5.73 Å². The number of nitrogens with zero attached hydrogens (tertiary/aromatic N) is 1. The van der Waals surface area contributed by atoms with Crippen molar-refractivity contribution in [2.75, 3.05) is 0 Å².